The van der Waals surface area contributed by atoms with Gasteiger partial charge in [0.15, 0.2) is 0 Å². The van der Waals surface area contributed by atoms with Crippen LogP contribution in [0.5, 0.6) is 0 Å². The van der Waals surface area contributed by atoms with Gasteiger partial charge in [-0.25, -0.2) is 9.78 Å². The molecular formula is C13H18BrN3O2. The first kappa shape index (κ1) is 14.3. The Morgan fingerprint density at radius 1 is 1.37 bits per heavy atom. The summed E-state index contributed by atoms with van der Waals surface area (Å²) in [6, 6.07) is 3.54. The molecule has 1 aliphatic rings. The van der Waals surface area contributed by atoms with E-state index in [1.165, 1.54) is 0 Å². The third-order valence-corrected chi connectivity index (χ3v) is 3.77. The second-order valence-corrected chi connectivity index (χ2v) is 5.68. The molecule has 2 amide bonds. The fraction of sp³-hybridized carbons (Fsp3) is 0.538. The van der Waals surface area contributed by atoms with Crippen molar-refractivity contribution in [3.8, 4) is 0 Å². The summed E-state index contributed by atoms with van der Waals surface area (Å²) in [5, 5.41) is 15.1. The van der Waals surface area contributed by atoms with Gasteiger partial charge in [-0.3, -0.25) is 0 Å². The zero-order valence-corrected chi connectivity index (χ0v) is 12.4. The summed E-state index contributed by atoms with van der Waals surface area (Å²) < 4.78 is 0.747. The first-order chi connectivity index (χ1) is 9.04. The second-order valence-electron chi connectivity index (χ2n) is 4.87. The summed E-state index contributed by atoms with van der Waals surface area (Å²) in [4.78, 5) is 16.1. The molecule has 0 aliphatic heterocycles. The predicted molar refractivity (Wildman–Crippen MR) is 77.1 cm³/mol. The van der Waals surface area contributed by atoms with Crippen molar-refractivity contribution < 1.29 is 9.90 Å². The number of nitrogens with one attached hydrogen (secondary N) is 2. The Hall–Kier alpha value is -1.14. The van der Waals surface area contributed by atoms with Crippen molar-refractivity contribution in [2.45, 2.75) is 44.8 Å². The minimum atomic E-state index is -0.214. The highest BCUT2D eigenvalue weighted by Gasteiger charge is 2.20. The quantitative estimate of drug-likeness (QED) is 0.731. The molecule has 1 heterocycles. The Labute approximate surface area is 120 Å². The standard InChI is InChI=1S/C13H18BrN3O2/c1-8-11(6-7-12(14)15-8)17-13(19)16-9-2-4-10(18)5-3-9/h6-7,9-10,18H,2-5H2,1H3,(H2,16,17,19). The van der Waals surface area contributed by atoms with Gasteiger partial charge in [-0.15, -0.1) is 0 Å². The number of halogens is 1. The number of amides is 2. The molecule has 1 aromatic heterocycles. The van der Waals surface area contributed by atoms with Crippen molar-refractivity contribution in [3.63, 3.8) is 0 Å². The average Bonchev–Trinajstić information content (AvgIpc) is 2.36. The minimum absolute atomic E-state index is 0.145. The smallest absolute Gasteiger partial charge is 0.319 e. The van der Waals surface area contributed by atoms with Crippen LogP contribution in [0.25, 0.3) is 0 Å². The molecule has 0 bridgehead atoms. The third-order valence-electron chi connectivity index (χ3n) is 3.33. The highest BCUT2D eigenvalue weighted by molar-refractivity contribution is 9.10. The molecule has 0 spiro atoms. The van der Waals surface area contributed by atoms with E-state index in [1.807, 2.05) is 13.0 Å². The molecular weight excluding hydrogens is 310 g/mol. The predicted octanol–water partition coefficient (Wildman–Crippen LogP) is 2.58. The van der Waals surface area contributed by atoms with Crippen LogP contribution in [0.2, 0.25) is 0 Å². The van der Waals surface area contributed by atoms with E-state index in [1.54, 1.807) is 6.07 Å². The molecule has 1 saturated carbocycles. The fourth-order valence-corrected chi connectivity index (χ4v) is 2.62. The number of rotatable bonds is 2. The molecule has 0 saturated heterocycles. The molecule has 0 unspecified atom stereocenters. The molecule has 5 nitrogen and oxygen atoms in total. The lowest BCUT2D eigenvalue weighted by Crippen LogP contribution is -2.41. The second kappa shape index (κ2) is 6.34. The molecule has 104 valence electrons. The highest BCUT2D eigenvalue weighted by Crippen LogP contribution is 2.19. The van der Waals surface area contributed by atoms with E-state index in [2.05, 4.69) is 31.5 Å². The van der Waals surface area contributed by atoms with Crippen molar-refractivity contribution >= 4 is 27.6 Å². The van der Waals surface area contributed by atoms with Gasteiger partial charge in [-0.1, -0.05) is 0 Å². The van der Waals surface area contributed by atoms with Gasteiger partial charge in [-0.05, 0) is 60.7 Å². The molecule has 1 fully saturated rings. The molecule has 19 heavy (non-hydrogen) atoms. The van der Waals surface area contributed by atoms with E-state index in [0.717, 1.165) is 36.0 Å². The zero-order chi connectivity index (χ0) is 13.8. The summed E-state index contributed by atoms with van der Waals surface area (Å²) in [5.41, 5.74) is 1.47. The number of nitrogens with zero attached hydrogens (tertiary/aromatic N) is 1. The van der Waals surface area contributed by atoms with Crippen LogP contribution >= 0.6 is 15.9 Å². The summed E-state index contributed by atoms with van der Waals surface area (Å²) in [7, 11) is 0. The van der Waals surface area contributed by atoms with E-state index in [4.69, 9.17) is 0 Å². The maximum Gasteiger partial charge on any atom is 0.319 e. The Morgan fingerprint density at radius 3 is 2.68 bits per heavy atom. The number of aliphatic hydroxyl groups is 1. The van der Waals surface area contributed by atoms with E-state index < -0.39 is 0 Å². The number of hydrogen-bond donors (Lipinski definition) is 3. The topological polar surface area (TPSA) is 74.2 Å². The number of aromatic nitrogens is 1. The number of carbonyl (C=O) groups is 1. The van der Waals surface area contributed by atoms with Crippen molar-refractivity contribution in [1.82, 2.24) is 10.3 Å². The van der Waals surface area contributed by atoms with Gasteiger partial charge in [0.05, 0.1) is 17.5 Å². The van der Waals surface area contributed by atoms with Gasteiger partial charge >= 0.3 is 6.03 Å². The molecule has 0 atom stereocenters. The Morgan fingerprint density at radius 2 is 2.05 bits per heavy atom. The molecule has 6 heteroatoms. The van der Waals surface area contributed by atoms with Crippen LogP contribution in [0.1, 0.15) is 31.4 Å². The maximum atomic E-state index is 11.9. The van der Waals surface area contributed by atoms with E-state index >= 15 is 0 Å². The summed E-state index contributed by atoms with van der Waals surface area (Å²) in [6.45, 7) is 1.84. The molecule has 2 rings (SSSR count). The van der Waals surface area contributed by atoms with Crippen molar-refractivity contribution in [2.24, 2.45) is 0 Å². The number of hydrogen-bond acceptors (Lipinski definition) is 3. The lowest BCUT2D eigenvalue weighted by molar-refractivity contribution is 0.118. The third kappa shape index (κ3) is 4.18. The molecule has 1 aliphatic carbocycles. The van der Waals surface area contributed by atoms with Crippen LogP contribution in [0.15, 0.2) is 16.7 Å². The summed E-state index contributed by atoms with van der Waals surface area (Å²) in [6.07, 6.45) is 2.95. The normalized spacial score (nSPS) is 22.9. The number of pyridine rings is 1. The van der Waals surface area contributed by atoms with Crippen LogP contribution in [0.3, 0.4) is 0 Å². The van der Waals surface area contributed by atoms with Crippen LogP contribution < -0.4 is 10.6 Å². The first-order valence-electron chi connectivity index (χ1n) is 6.43. The van der Waals surface area contributed by atoms with Gasteiger partial charge < -0.3 is 15.7 Å². The highest BCUT2D eigenvalue weighted by atomic mass is 79.9. The number of aryl methyl sites for hydroxylation is 1. The molecule has 0 aromatic carbocycles. The monoisotopic (exact) mass is 327 g/mol. The Balaban J connectivity index is 1.87. The molecule has 3 N–H and O–H groups in total. The molecule has 1 aromatic rings. The minimum Gasteiger partial charge on any atom is -0.393 e. The zero-order valence-electron chi connectivity index (χ0n) is 10.8. The SMILES string of the molecule is Cc1nc(Br)ccc1NC(=O)NC1CCC(O)CC1. The number of anilines is 1. The van der Waals surface area contributed by atoms with Crippen molar-refractivity contribution in [2.75, 3.05) is 5.32 Å². The Bertz CT molecular complexity index is 459. The van der Waals surface area contributed by atoms with Crippen LogP contribution in [0, 0.1) is 6.92 Å². The van der Waals surface area contributed by atoms with Crippen molar-refractivity contribution in [3.05, 3.63) is 22.4 Å². The fourth-order valence-electron chi connectivity index (χ4n) is 2.23. The van der Waals surface area contributed by atoms with E-state index in [9.17, 15) is 9.90 Å². The number of aliphatic hydroxyl groups excluding tert-OH is 1. The van der Waals surface area contributed by atoms with Crippen molar-refractivity contribution in [1.29, 1.82) is 0 Å². The van der Waals surface area contributed by atoms with Gasteiger partial charge in [0.25, 0.3) is 0 Å². The van der Waals surface area contributed by atoms with Crippen LogP contribution in [0.4, 0.5) is 10.5 Å². The van der Waals surface area contributed by atoms with E-state index in [-0.39, 0.29) is 18.2 Å². The maximum absolute atomic E-state index is 11.9. The van der Waals surface area contributed by atoms with Gasteiger partial charge in [0.1, 0.15) is 4.60 Å². The van der Waals surface area contributed by atoms with Crippen LogP contribution in [-0.4, -0.2) is 28.3 Å². The van der Waals surface area contributed by atoms with Gasteiger partial charge in [0.2, 0.25) is 0 Å². The van der Waals surface area contributed by atoms with Gasteiger partial charge in [-0.2, -0.15) is 0 Å². The van der Waals surface area contributed by atoms with Crippen LogP contribution in [-0.2, 0) is 0 Å². The number of carbonyl (C=O) groups excluding carboxylic acids is 1. The lowest BCUT2D eigenvalue weighted by Gasteiger charge is -2.26. The number of urea groups is 1. The average molecular weight is 328 g/mol. The first-order valence-corrected chi connectivity index (χ1v) is 7.22. The molecule has 0 radical (unpaired) electrons. The van der Waals surface area contributed by atoms with E-state index in [0.29, 0.717) is 5.69 Å². The largest absolute Gasteiger partial charge is 0.393 e. The van der Waals surface area contributed by atoms with Gasteiger partial charge in [0, 0.05) is 6.04 Å². The summed E-state index contributed by atoms with van der Waals surface area (Å²) >= 11 is 3.28. The summed E-state index contributed by atoms with van der Waals surface area (Å²) in [5.74, 6) is 0. The Kier molecular flexibility index (Phi) is 4.76. The lowest BCUT2D eigenvalue weighted by atomic mass is 9.93.